The van der Waals surface area contributed by atoms with Crippen molar-refractivity contribution in [3.8, 4) is 0 Å². The van der Waals surface area contributed by atoms with Gasteiger partial charge in [0.25, 0.3) is 5.56 Å². The van der Waals surface area contributed by atoms with Crippen molar-refractivity contribution in [2.75, 3.05) is 6.61 Å². The van der Waals surface area contributed by atoms with E-state index in [4.69, 9.17) is 15.6 Å². The third kappa shape index (κ3) is 2.10. The van der Waals surface area contributed by atoms with Gasteiger partial charge in [-0.25, -0.2) is 9.18 Å². The number of aliphatic hydroxyl groups is 2. The Morgan fingerprint density at radius 3 is 2.79 bits per heavy atom. The monoisotopic (exact) mass is 275 g/mol. The van der Waals surface area contributed by atoms with E-state index in [9.17, 15) is 19.1 Å². The van der Waals surface area contributed by atoms with Gasteiger partial charge in [0.15, 0.2) is 18.1 Å². The molecule has 1 saturated heterocycles. The zero-order chi connectivity index (χ0) is 14.4. The summed E-state index contributed by atoms with van der Waals surface area (Å²) in [5.74, 6) is 0. The van der Waals surface area contributed by atoms with E-state index >= 15 is 0 Å². The fourth-order valence-corrected chi connectivity index (χ4v) is 1.90. The van der Waals surface area contributed by atoms with E-state index in [1.165, 1.54) is 6.92 Å². The van der Waals surface area contributed by atoms with E-state index in [2.05, 4.69) is 0 Å². The van der Waals surface area contributed by atoms with Crippen molar-refractivity contribution < 1.29 is 19.3 Å². The topological polar surface area (TPSA) is 131 Å². The lowest BCUT2D eigenvalue weighted by molar-refractivity contribution is -0.125. The third-order valence-corrected chi connectivity index (χ3v) is 3.08. The second kappa shape index (κ2) is 4.53. The molecule has 9 heteroatoms. The summed E-state index contributed by atoms with van der Waals surface area (Å²) in [6.45, 7) is 0.608. The van der Waals surface area contributed by atoms with Gasteiger partial charge in [0, 0.05) is 11.8 Å². The SMILES string of the molecule is Cc1cn([C@@H]2O[C@](N)(CO)[C@@H](O)[C@@H]2F)c(=O)[nH]c1=O. The number of aryl methyl sites for hydroxylation is 1. The predicted molar refractivity (Wildman–Crippen MR) is 61.1 cm³/mol. The van der Waals surface area contributed by atoms with Crippen LogP contribution in [0.4, 0.5) is 4.39 Å². The summed E-state index contributed by atoms with van der Waals surface area (Å²) < 4.78 is 19.8. The van der Waals surface area contributed by atoms with Gasteiger partial charge in [0.1, 0.15) is 6.10 Å². The molecule has 0 spiro atoms. The molecule has 4 atom stereocenters. The van der Waals surface area contributed by atoms with Crippen molar-refractivity contribution in [3.05, 3.63) is 32.6 Å². The first-order valence-corrected chi connectivity index (χ1v) is 5.52. The minimum absolute atomic E-state index is 0.170. The van der Waals surface area contributed by atoms with E-state index in [1.54, 1.807) is 0 Å². The number of H-pyrrole nitrogens is 1. The molecular formula is C10H14FN3O5. The van der Waals surface area contributed by atoms with Crippen LogP contribution in [0.5, 0.6) is 0 Å². The maximum atomic E-state index is 13.9. The Labute approximate surface area is 106 Å². The summed E-state index contributed by atoms with van der Waals surface area (Å²) in [6, 6.07) is 0. The van der Waals surface area contributed by atoms with Crippen LogP contribution in [0, 0.1) is 6.92 Å². The van der Waals surface area contributed by atoms with Crippen molar-refractivity contribution in [3.63, 3.8) is 0 Å². The minimum atomic E-state index is -2.01. The first kappa shape index (κ1) is 13.9. The second-order valence-electron chi connectivity index (χ2n) is 4.49. The highest BCUT2D eigenvalue weighted by Gasteiger charge is 2.54. The van der Waals surface area contributed by atoms with Crippen molar-refractivity contribution in [1.82, 2.24) is 9.55 Å². The predicted octanol–water partition coefficient (Wildman–Crippen LogP) is -2.28. The van der Waals surface area contributed by atoms with Gasteiger partial charge in [-0.15, -0.1) is 0 Å². The number of hydrogen-bond donors (Lipinski definition) is 4. The van der Waals surface area contributed by atoms with Gasteiger partial charge in [-0.2, -0.15) is 0 Å². The summed E-state index contributed by atoms with van der Waals surface area (Å²) in [5.41, 5.74) is 2.17. The molecule has 19 heavy (non-hydrogen) atoms. The van der Waals surface area contributed by atoms with Gasteiger partial charge in [-0.1, -0.05) is 0 Å². The number of halogens is 1. The zero-order valence-corrected chi connectivity index (χ0v) is 10.0. The number of nitrogens with zero attached hydrogens (tertiary/aromatic N) is 1. The van der Waals surface area contributed by atoms with Crippen LogP contribution in [0.1, 0.15) is 11.8 Å². The van der Waals surface area contributed by atoms with Crippen LogP contribution in [0.15, 0.2) is 15.8 Å². The molecule has 0 saturated carbocycles. The summed E-state index contributed by atoms with van der Waals surface area (Å²) >= 11 is 0. The van der Waals surface area contributed by atoms with E-state index in [1.807, 2.05) is 4.98 Å². The number of aromatic nitrogens is 2. The molecule has 1 aromatic heterocycles. The van der Waals surface area contributed by atoms with Gasteiger partial charge in [-0.3, -0.25) is 20.1 Å². The molecule has 5 N–H and O–H groups in total. The molecule has 0 amide bonds. The van der Waals surface area contributed by atoms with E-state index < -0.39 is 42.1 Å². The third-order valence-electron chi connectivity index (χ3n) is 3.08. The van der Waals surface area contributed by atoms with Crippen LogP contribution >= 0.6 is 0 Å². The molecule has 0 aliphatic carbocycles. The molecule has 1 aromatic rings. The number of hydrogen-bond acceptors (Lipinski definition) is 6. The molecule has 106 valence electrons. The molecule has 0 radical (unpaired) electrons. The van der Waals surface area contributed by atoms with Gasteiger partial charge >= 0.3 is 5.69 Å². The summed E-state index contributed by atoms with van der Waals surface area (Å²) in [6.07, 6.45) is -4.22. The molecule has 2 rings (SSSR count). The first-order valence-electron chi connectivity index (χ1n) is 5.52. The van der Waals surface area contributed by atoms with Crippen molar-refractivity contribution >= 4 is 0 Å². The van der Waals surface area contributed by atoms with Gasteiger partial charge in [-0.05, 0) is 6.92 Å². The molecule has 1 aliphatic heterocycles. The number of aromatic amines is 1. The van der Waals surface area contributed by atoms with E-state index in [0.29, 0.717) is 0 Å². The van der Waals surface area contributed by atoms with Crippen LogP contribution in [-0.4, -0.2) is 44.4 Å². The Kier molecular flexibility index (Phi) is 3.31. The minimum Gasteiger partial charge on any atom is -0.392 e. The summed E-state index contributed by atoms with van der Waals surface area (Å²) in [4.78, 5) is 24.8. The molecule has 1 fully saturated rings. The lowest BCUT2D eigenvalue weighted by Gasteiger charge is -2.24. The number of aliphatic hydroxyl groups excluding tert-OH is 2. The maximum absolute atomic E-state index is 13.9. The summed E-state index contributed by atoms with van der Waals surface area (Å²) in [7, 11) is 0. The van der Waals surface area contributed by atoms with Crippen LogP contribution < -0.4 is 17.0 Å². The Morgan fingerprint density at radius 1 is 1.63 bits per heavy atom. The van der Waals surface area contributed by atoms with Crippen molar-refractivity contribution in [2.45, 2.75) is 31.2 Å². The zero-order valence-electron chi connectivity index (χ0n) is 10.0. The van der Waals surface area contributed by atoms with Crippen LogP contribution in [0.3, 0.4) is 0 Å². The maximum Gasteiger partial charge on any atom is 0.330 e. The molecule has 1 aliphatic rings. The van der Waals surface area contributed by atoms with Gasteiger partial charge in [0.2, 0.25) is 0 Å². The Morgan fingerprint density at radius 2 is 2.26 bits per heavy atom. The molecular weight excluding hydrogens is 261 g/mol. The Bertz CT molecular complexity index is 600. The lowest BCUT2D eigenvalue weighted by atomic mass is 10.1. The number of alkyl halides is 1. The average Bonchev–Trinajstić information content (AvgIpc) is 2.59. The number of nitrogens with one attached hydrogen (secondary N) is 1. The number of rotatable bonds is 2. The first-order chi connectivity index (χ1) is 8.80. The molecule has 0 bridgehead atoms. The highest BCUT2D eigenvalue weighted by Crippen LogP contribution is 2.34. The molecule has 0 aromatic carbocycles. The number of ether oxygens (including phenoxy) is 1. The average molecular weight is 275 g/mol. The molecule has 0 unspecified atom stereocenters. The lowest BCUT2D eigenvalue weighted by Crippen LogP contribution is -2.53. The Hall–Kier alpha value is -1.55. The highest BCUT2D eigenvalue weighted by atomic mass is 19.1. The molecule has 8 nitrogen and oxygen atoms in total. The van der Waals surface area contributed by atoms with Crippen molar-refractivity contribution in [2.24, 2.45) is 5.73 Å². The van der Waals surface area contributed by atoms with Crippen molar-refractivity contribution in [1.29, 1.82) is 0 Å². The van der Waals surface area contributed by atoms with Crippen LogP contribution in [0.25, 0.3) is 0 Å². The van der Waals surface area contributed by atoms with Crippen LogP contribution in [-0.2, 0) is 4.74 Å². The fourth-order valence-electron chi connectivity index (χ4n) is 1.90. The fraction of sp³-hybridized carbons (Fsp3) is 0.600. The Balaban J connectivity index is 2.47. The quantitative estimate of drug-likeness (QED) is 0.481. The van der Waals surface area contributed by atoms with Crippen LogP contribution in [0.2, 0.25) is 0 Å². The smallest absolute Gasteiger partial charge is 0.330 e. The standard InChI is InChI=1S/C10H14FN3O5/c1-4-2-14(9(18)13-7(4)17)8-5(11)6(16)10(12,3-15)19-8/h2,5-6,8,15-16H,3,12H2,1H3,(H,13,17,18)/t5-,6-,8+,10+/m0/s1. The van der Waals surface area contributed by atoms with E-state index in [-0.39, 0.29) is 5.56 Å². The number of nitrogens with two attached hydrogens (primary N) is 1. The molecule has 2 heterocycles. The van der Waals surface area contributed by atoms with E-state index in [0.717, 1.165) is 10.8 Å². The van der Waals surface area contributed by atoms with Gasteiger partial charge < -0.3 is 14.9 Å². The highest BCUT2D eigenvalue weighted by molar-refractivity contribution is 5.04. The van der Waals surface area contributed by atoms with Gasteiger partial charge in [0.05, 0.1) is 6.61 Å². The normalized spacial score (nSPS) is 34.7. The largest absolute Gasteiger partial charge is 0.392 e. The summed E-state index contributed by atoms with van der Waals surface area (Å²) in [5, 5.41) is 18.6. The second-order valence-corrected chi connectivity index (χ2v) is 4.49.